The van der Waals surface area contributed by atoms with Crippen LogP contribution >= 0.6 is 0 Å². The van der Waals surface area contributed by atoms with Gasteiger partial charge in [0.05, 0.1) is 19.3 Å². The first-order chi connectivity index (χ1) is 16.2. The van der Waals surface area contributed by atoms with Crippen molar-refractivity contribution >= 4 is 18.0 Å². The van der Waals surface area contributed by atoms with Gasteiger partial charge in [-0.15, -0.1) is 0 Å². The zero-order chi connectivity index (χ0) is 24.5. The second kappa shape index (κ2) is 9.46. The Hall–Kier alpha value is -3.39. The summed E-state index contributed by atoms with van der Waals surface area (Å²) in [5.74, 6) is -1.83. The zero-order valence-electron chi connectivity index (χ0n) is 19.5. The van der Waals surface area contributed by atoms with Crippen LogP contribution in [0.25, 0.3) is 11.1 Å². The van der Waals surface area contributed by atoms with E-state index in [0.29, 0.717) is 0 Å². The Morgan fingerprint density at radius 3 is 2.24 bits per heavy atom. The molecule has 0 radical (unpaired) electrons. The maximum atomic E-state index is 12.9. The topological polar surface area (TPSA) is 114 Å². The molecule has 8 nitrogen and oxygen atoms in total. The van der Waals surface area contributed by atoms with Gasteiger partial charge < -0.3 is 25.2 Å². The Kier molecular flexibility index (Phi) is 6.61. The molecule has 1 heterocycles. The average Bonchev–Trinajstić information content (AvgIpc) is 3.34. The second-order valence-electron chi connectivity index (χ2n) is 9.49. The van der Waals surface area contributed by atoms with E-state index in [-0.39, 0.29) is 31.7 Å². The van der Waals surface area contributed by atoms with Gasteiger partial charge in [-0.25, -0.2) is 4.79 Å². The number of hydrogen-bond acceptors (Lipinski definition) is 5. The van der Waals surface area contributed by atoms with Crippen LogP contribution in [0.3, 0.4) is 0 Å². The van der Waals surface area contributed by atoms with Crippen LogP contribution in [-0.2, 0) is 19.1 Å². The molecular formula is C26H30N2O6. The van der Waals surface area contributed by atoms with E-state index in [4.69, 9.17) is 9.47 Å². The van der Waals surface area contributed by atoms with Crippen LogP contribution in [0.4, 0.5) is 4.79 Å². The van der Waals surface area contributed by atoms with Crippen LogP contribution in [0.1, 0.15) is 37.8 Å². The Balaban J connectivity index is 1.40. The number of fused-ring (bicyclic) bond motifs is 3. The Morgan fingerprint density at radius 2 is 1.68 bits per heavy atom. The van der Waals surface area contributed by atoms with Gasteiger partial charge >= 0.3 is 12.1 Å². The van der Waals surface area contributed by atoms with E-state index in [9.17, 15) is 19.5 Å². The second-order valence-corrected chi connectivity index (χ2v) is 9.49. The lowest BCUT2D eigenvalue weighted by molar-refractivity contribution is -0.149. The summed E-state index contributed by atoms with van der Waals surface area (Å²) in [7, 11) is 0. The molecule has 2 aliphatic rings. The number of ether oxygens (including phenoxy) is 2. The van der Waals surface area contributed by atoms with Crippen molar-refractivity contribution in [3.8, 4) is 11.1 Å². The van der Waals surface area contributed by atoms with E-state index in [1.807, 2.05) is 36.4 Å². The van der Waals surface area contributed by atoms with Gasteiger partial charge in [-0.2, -0.15) is 0 Å². The minimum atomic E-state index is -1.22. The van der Waals surface area contributed by atoms with Gasteiger partial charge in [-0.05, 0) is 35.1 Å². The normalized spacial score (nSPS) is 22.1. The van der Waals surface area contributed by atoms with E-state index in [1.165, 1.54) is 6.92 Å². The minimum Gasteiger partial charge on any atom is -0.481 e. The van der Waals surface area contributed by atoms with Crippen molar-refractivity contribution in [1.82, 2.24) is 10.6 Å². The molecule has 0 saturated carbocycles. The third-order valence-electron chi connectivity index (χ3n) is 6.83. The number of rotatable bonds is 7. The first-order valence-electron chi connectivity index (χ1n) is 11.5. The largest absolute Gasteiger partial charge is 0.481 e. The highest BCUT2D eigenvalue weighted by Gasteiger charge is 2.48. The fourth-order valence-corrected chi connectivity index (χ4v) is 4.65. The highest BCUT2D eigenvalue weighted by molar-refractivity contribution is 5.87. The summed E-state index contributed by atoms with van der Waals surface area (Å²) in [5.41, 5.74) is 3.24. The van der Waals surface area contributed by atoms with Crippen LogP contribution < -0.4 is 10.6 Å². The van der Waals surface area contributed by atoms with Crippen molar-refractivity contribution in [2.45, 2.75) is 38.8 Å². The monoisotopic (exact) mass is 466 g/mol. The molecule has 0 aromatic heterocycles. The fraction of sp³-hybridized carbons (Fsp3) is 0.423. The van der Waals surface area contributed by atoms with E-state index < -0.39 is 35.5 Å². The number of amides is 2. The summed E-state index contributed by atoms with van der Waals surface area (Å²) in [4.78, 5) is 37.3. The molecule has 180 valence electrons. The standard InChI is InChI=1S/C26H30N2O6/c1-15(2)22(23(29)27-21-13-33-14-26(21,3)24(30)31)28-25(32)34-12-20-18-10-6-4-8-16(18)17-9-5-7-11-19(17)20/h4-11,15,20-22H,12-14H2,1-3H3,(H,27,29)(H,28,32)(H,30,31). The lowest BCUT2D eigenvalue weighted by atomic mass is 9.85. The quantitative estimate of drug-likeness (QED) is 0.578. The number of carbonyl (C=O) groups excluding carboxylic acids is 2. The number of alkyl carbamates (subject to hydrolysis) is 1. The Bertz CT molecular complexity index is 1050. The van der Waals surface area contributed by atoms with Gasteiger partial charge in [-0.1, -0.05) is 62.4 Å². The molecule has 3 N–H and O–H groups in total. The number of carboxylic acids is 1. The summed E-state index contributed by atoms with van der Waals surface area (Å²) < 4.78 is 10.9. The molecule has 1 aliphatic heterocycles. The summed E-state index contributed by atoms with van der Waals surface area (Å²) >= 11 is 0. The molecule has 2 aromatic carbocycles. The molecule has 34 heavy (non-hydrogen) atoms. The van der Waals surface area contributed by atoms with Crippen molar-refractivity contribution in [3.05, 3.63) is 59.7 Å². The third-order valence-corrected chi connectivity index (χ3v) is 6.83. The molecule has 1 saturated heterocycles. The fourth-order valence-electron chi connectivity index (χ4n) is 4.65. The van der Waals surface area contributed by atoms with Gasteiger partial charge in [0, 0.05) is 5.92 Å². The van der Waals surface area contributed by atoms with Crippen molar-refractivity contribution in [3.63, 3.8) is 0 Å². The van der Waals surface area contributed by atoms with Crippen LogP contribution in [0.15, 0.2) is 48.5 Å². The lowest BCUT2D eigenvalue weighted by Crippen LogP contribution is -2.56. The van der Waals surface area contributed by atoms with Crippen molar-refractivity contribution in [2.24, 2.45) is 11.3 Å². The SMILES string of the molecule is CC(C)C(NC(=O)OCC1c2ccccc2-c2ccccc21)C(=O)NC1COCC1(C)C(=O)O. The molecule has 2 aromatic rings. The van der Waals surface area contributed by atoms with Crippen LogP contribution in [0, 0.1) is 11.3 Å². The van der Waals surface area contributed by atoms with Gasteiger partial charge in [0.15, 0.2) is 0 Å². The van der Waals surface area contributed by atoms with E-state index >= 15 is 0 Å². The highest BCUT2D eigenvalue weighted by Crippen LogP contribution is 2.44. The van der Waals surface area contributed by atoms with Gasteiger partial charge in [0.2, 0.25) is 5.91 Å². The molecule has 1 fully saturated rings. The van der Waals surface area contributed by atoms with E-state index in [2.05, 4.69) is 22.8 Å². The molecule has 3 unspecified atom stereocenters. The number of carbonyl (C=O) groups is 3. The Labute approximate surface area is 198 Å². The summed E-state index contributed by atoms with van der Waals surface area (Å²) in [6.07, 6.45) is -0.695. The number of carboxylic acid groups (broad SMARTS) is 1. The highest BCUT2D eigenvalue weighted by atomic mass is 16.5. The molecular weight excluding hydrogens is 436 g/mol. The molecule has 1 aliphatic carbocycles. The first kappa shape index (κ1) is 23.8. The van der Waals surface area contributed by atoms with E-state index in [1.54, 1.807) is 13.8 Å². The first-order valence-corrected chi connectivity index (χ1v) is 11.5. The maximum absolute atomic E-state index is 12.9. The number of aliphatic carboxylic acids is 1. The van der Waals surface area contributed by atoms with Gasteiger partial charge in [-0.3, -0.25) is 9.59 Å². The zero-order valence-corrected chi connectivity index (χ0v) is 19.5. The molecule has 0 spiro atoms. The number of nitrogens with one attached hydrogen (secondary N) is 2. The lowest BCUT2D eigenvalue weighted by Gasteiger charge is -2.29. The molecule has 8 heteroatoms. The van der Waals surface area contributed by atoms with Gasteiger partial charge in [0.1, 0.15) is 18.1 Å². The molecule has 4 rings (SSSR count). The minimum absolute atomic E-state index is 0.0133. The summed E-state index contributed by atoms with van der Waals surface area (Å²) in [6, 6.07) is 14.5. The predicted molar refractivity (Wildman–Crippen MR) is 125 cm³/mol. The van der Waals surface area contributed by atoms with Crippen LogP contribution in [-0.4, -0.2) is 55.0 Å². The molecule has 3 atom stereocenters. The van der Waals surface area contributed by atoms with E-state index in [0.717, 1.165) is 22.3 Å². The summed E-state index contributed by atoms with van der Waals surface area (Å²) in [5, 5.41) is 14.9. The number of hydrogen-bond donors (Lipinski definition) is 3. The Morgan fingerprint density at radius 1 is 1.09 bits per heavy atom. The molecule has 2 amide bonds. The van der Waals surface area contributed by atoms with Crippen molar-refractivity contribution in [2.75, 3.05) is 19.8 Å². The van der Waals surface area contributed by atoms with Crippen molar-refractivity contribution < 1.29 is 29.0 Å². The summed E-state index contributed by atoms with van der Waals surface area (Å²) in [6.45, 7) is 5.39. The third kappa shape index (κ3) is 4.37. The van der Waals surface area contributed by atoms with Gasteiger partial charge in [0.25, 0.3) is 0 Å². The number of benzene rings is 2. The predicted octanol–water partition coefficient (Wildman–Crippen LogP) is 3.16. The van der Waals surface area contributed by atoms with Crippen LogP contribution in [0.5, 0.6) is 0 Å². The van der Waals surface area contributed by atoms with Crippen LogP contribution in [0.2, 0.25) is 0 Å². The smallest absolute Gasteiger partial charge is 0.407 e. The average molecular weight is 467 g/mol. The van der Waals surface area contributed by atoms with Crippen molar-refractivity contribution in [1.29, 1.82) is 0 Å². The molecule has 0 bridgehead atoms. The maximum Gasteiger partial charge on any atom is 0.407 e.